The van der Waals surface area contributed by atoms with Crippen LogP contribution in [0.4, 0.5) is 22.4 Å². The Morgan fingerprint density at radius 3 is 2.35 bits per heavy atom. The normalized spacial score (nSPS) is 10.6. The Morgan fingerprint density at radius 2 is 1.88 bits per heavy atom. The number of fused-ring (bicyclic) bond motifs is 1. The lowest BCUT2D eigenvalue weighted by Crippen LogP contribution is -2.02. The Balaban J connectivity index is 0.000000249. The van der Waals surface area contributed by atoms with Crippen molar-refractivity contribution in [2.24, 2.45) is 0 Å². The highest BCUT2D eigenvalue weighted by Crippen LogP contribution is 2.29. The number of hydrogen-bond acceptors (Lipinski definition) is 3. The molecule has 0 aliphatic heterocycles. The maximum atomic E-state index is 9.75. The summed E-state index contributed by atoms with van der Waals surface area (Å²) in [5.41, 5.74) is 2.04. The number of hydrogen-bond donors (Lipinski definition) is 0. The molecule has 3 nitrogen and oxygen atoms in total. The van der Waals surface area contributed by atoms with Gasteiger partial charge in [-0.15, -0.1) is 0 Å². The van der Waals surface area contributed by atoms with E-state index in [-0.39, 0.29) is 0 Å². The van der Waals surface area contributed by atoms with Gasteiger partial charge < -0.3 is 17.3 Å². The molecule has 0 saturated carbocycles. The van der Waals surface area contributed by atoms with E-state index in [4.69, 9.17) is 5.39 Å². The zero-order chi connectivity index (χ0) is 13.1. The molecule has 1 heterocycles. The lowest BCUT2D eigenvalue weighted by atomic mass is 10.2. The highest BCUT2D eigenvalue weighted by atomic mass is 32.1. The Hall–Kier alpha value is -1.69. The fourth-order valence-electron chi connectivity index (χ4n) is 1.12. The number of thiazole rings is 1. The summed E-state index contributed by atoms with van der Waals surface area (Å²) in [6, 6.07) is 5.93. The zero-order valence-corrected chi connectivity index (χ0v) is 9.39. The molecule has 0 radical (unpaired) electrons. The Bertz CT molecular complexity index is 554. The van der Waals surface area contributed by atoms with Crippen LogP contribution in [0.5, 0.6) is 0 Å². The van der Waals surface area contributed by atoms with Crippen LogP contribution in [0.2, 0.25) is 0 Å². The summed E-state index contributed by atoms with van der Waals surface area (Å²) in [4.78, 5) is 7.19. The van der Waals surface area contributed by atoms with Crippen molar-refractivity contribution < 1.29 is 17.3 Å². The maximum absolute atomic E-state index is 9.75. The molecule has 0 aliphatic carbocycles. The molecular weight excluding hydrogens is 257 g/mol. The summed E-state index contributed by atoms with van der Waals surface area (Å²) >= 11 is 1.38. The Kier molecular flexibility index (Phi) is 4.01. The molecule has 0 N–H and O–H groups in total. The minimum Gasteiger partial charge on any atom is -0.418 e. The first-order valence-corrected chi connectivity index (χ1v) is 5.21. The molecule has 0 spiro atoms. The average Bonchev–Trinajstić information content (AvgIpc) is 2.59. The summed E-state index contributed by atoms with van der Waals surface area (Å²) in [5, 5.41) is 8.92. The van der Waals surface area contributed by atoms with E-state index in [1.807, 2.05) is 25.1 Å². The third kappa shape index (κ3) is 4.36. The number of rotatable bonds is 0. The number of benzene rings is 1. The molecule has 0 bridgehead atoms. The van der Waals surface area contributed by atoms with Crippen molar-refractivity contribution in [3.05, 3.63) is 28.7 Å². The van der Waals surface area contributed by atoms with Crippen LogP contribution in [0.1, 0.15) is 5.56 Å². The van der Waals surface area contributed by atoms with E-state index in [1.54, 1.807) is 0 Å². The van der Waals surface area contributed by atoms with Gasteiger partial charge in [-0.2, -0.15) is 0 Å². The molecule has 1 aromatic carbocycles. The Labute approximate surface area is 97.8 Å². The van der Waals surface area contributed by atoms with Crippen molar-refractivity contribution in [1.29, 1.82) is 5.39 Å². The molecule has 1 aromatic heterocycles. The van der Waals surface area contributed by atoms with Crippen molar-refractivity contribution in [2.75, 3.05) is 0 Å². The van der Waals surface area contributed by atoms with Crippen LogP contribution in [-0.2, 0) is 0 Å². The summed E-state index contributed by atoms with van der Waals surface area (Å²) < 4.78 is 40.1. The summed E-state index contributed by atoms with van der Waals surface area (Å²) in [6.45, 7) is 1.99. The first-order chi connectivity index (χ1) is 7.81. The van der Waals surface area contributed by atoms with Gasteiger partial charge in [0.15, 0.2) is 5.52 Å². The lowest BCUT2D eigenvalue weighted by Gasteiger charge is -1.94. The molecule has 0 amide bonds. The van der Waals surface area contributed by atoms with Crippen molar-refractivity contribution in [3.8, 4) is 0 Å². The largest absolute Gasteiger partial charge is 0.673 e. The predicted molar refractivity (Wildman–Crippen MR) is 59.3 cm³/mol. The van der Waals surface area contributed by atoms with E-state index >= 15 is 0 Å². The van der Waals surface area contributed by atoms with Crippen LogP contribution in [0.25, 0.3) is 15.2 Å². The van der Waals surface area contributed by atoms with Crippen molar-refractivity contribution >= 4 is 33.9 Å². The van der Waals surface area contributed by atoms with Crippen LogP contribution in [0.15, 0.2) is 18.2 Å². The zero-order valence-electron chi connectivity index (χ0n) is 8.57. The van der Waals surface area contributed by atoms with Gasteiger partial charge in [-0.1, -0.05) is 12.1 Å². The van der Waals surface area contributed by atoms with Crippen LogP contribution in [0, 0.1) is 12.3 Å². The second kappa shape index (κ2) is 5.10. The molecule has 9 heteroatoms. The fraction of sp³-hybridized carbons (Fsp3) is 0.125. The molecule has 0 atom stereocenters. The van der Waals surface area contributed by atoms with Crippen LogP contribution in [-0.4, -0.2) is 12.2 Å². The lowest BCUT2D eigenvalue weighted by molar-refractivity contribution is 0.368. The number of aryl methyl sites for hydroxylation is 1. The van der Waals surface area contributed by atoms with Gasteiger partial charge in [-0.25, -0.2) is 0 Å². The van der Waals surface area contributed by atoms with Crippen molar-refractivity contribution in [2.45, 2.75) is 6.92 Å². The van der Waals surface area contributed by atoms with Gasteiger partial charge in [0.2, 0.25) is 0 Å². The number of aromatic nitrogens is 1. The minimum absolute atomic E-state index is 0.416. The summed E-state index contributed by atoms with van der Waals surface area (Å²) in [6.07, 6.45) is 0. The van der Waals surface area contributed by atoms with E-state index in [1.165, 1.54) is 11.3 Å². The predicted octanol–water partition coefficient (Wildman–Crippen LogP) is 4.39. The van der Waals surface area contributed by atoms with Crippen molar-refractivity contribution in [3.63, 3.8) is 0 Å². The van der Waals surface area contributed by atoms with Gasteiger partial charge in [0.05, 0.1) is 10.1 Å². The Morgan fingerprint density at radius 1 is 1.29 bits per heavy atom. The summed E-state index contributed by atoms with van der Waals surface area (Å²) in [7, 11) is -6.00. The fourth-order valence-corrected chi connectivity index (χ4v) is 1.94. The minimum atomic E-state index is -6.00. The second-order valence-electron chi connectivity index (χ2n) is 3.01. The monoisotopic (exact) mass is 263 g/mol. The topological polar surface area (TPSA) is 41.0 Å². The number of nitrogens with zero attached hydrogens (tertiary/aromatic N) is 3. The number of halogens is 4. The van der Waals surface area contributed by atoms with E-state index in [0.29, 0.717) is 5.13 Å². The smallest absolute Gasteiger partial charge is 0.418 e. The second-order valence-corrected chi connectivity index (χ2v) is 4.02. The highest BCUT2D eigenvalue weighted by molar-refractivity contribution is 7.22. The van der Waals surface area contributed by atoms with Crippen LogP contribution < -0.4 is 0 Å². The number of diazo groups is 1. The molecule has 0 saturated heterocycles. The van der Waals surface area contributed by atoms with Gasteiger partial charge in [0.25, 0.3) is 0 Å². The molecular formula is C8H6BF4N3S. The molecule has 2 aromatic rings. The molecule has 90 valence electrons. The van der Waals surface area contributed by atoms with Gasteiger partial charge in [-0.05, 0) is 29.3 Å². The summed E-state index contributed by atoms with van der Waals surface area (Å²) in [5.74, 6) is 0. The van der Waals surface area contributed by atoms with Gasteiger partial charge >= 0.3 is 12.4 Å². The standard InChI is InChI=1S/C8H6N3S.BF4/c1-5-3-2-4-6-7(5)10-8(11-9)12-6;2-1(3,4)5/h2-4H,1H3;/q+1;-1. The van der Waals surface area contributed by atoms with E-state index in [2.05, 4.69) is 9.96 Å². The quantitative estimate of drug-likeness (QED) is 0.401. The number of para-hydroxylation sites is 1. The molecule has 17 heavy (non-hydrogen) atoms. The first kappa shape index (κ1) is 13.4. The van der Waals surface area contributed by atoms with E-state index in [9.17, 15) is 17.3 Å². The first-order valence-electron chi connectivity index (χ1n) is 4.40. The maximum Gasteiger partial charge on any atom is 0.673 e. The molecule has 0 unspecified atom stereocenters. The third-order valence-electron chi connectivity index (χ3n) is 1.69. The molecule has 0 fully saturated rings. The van der Waals surface area contributed by atoms with Crippen molar-refractivity contribution in [1.82, 2.24) is 4.98 Å². The van der Waals surface area contributed by atoms with Gasteiger partial charge in [-0.3, -0.25) is 0 Å². The molecule has 2 rings (SSSR count). The highest BCUT2D eigenvalue weighted by Gasteiger charge is 2.20. The SMILES string of the molecule is Cc1cccc2sc([N+]#N)nc12.F[B-](F)(F)F. The van der Waals surface area contributed by atoms with Crippen LogP contribution in [0.3, 0.4) is 0 Å². The van der Waals surface area contributed by atoms with Gasteiger partial charge in [0.1, 0.15) is 0 Å². The molecule has 0 aliphatic rings. The third-order valence-corrected chi connectivity index (χ3v) is 2.60. The van der Waals surface area contributed by atoms with Gasteiger partial charge in [0, 0.05) is 10.5 Å². The van der Waals surface area contributed by atoms with E-state index < -0.39 is 7.25 Å². The van der Waals surface area contributed by atoms with Crippen LogP contribution >= 0.6 is 11.3 Å². The van der Waals surface area contributed by atoms with E-state index in [0.717, 1.165) is 15.8 Å². The average molecular weight is 263 g/mol.